The van der Waals surface area contributed by atoms with E-state index in [1.165, 1.54) is 17.3 Å². The van der Waals surface area contributed by atoms with Gasteiger partial charge in [0.15, 0.2) is 5.15 Å². The summed E-state index contributed by atoms with van der Waals surface area (Å²) >= 11 is 5.85. The molecule has 0 atom stereocenters. The summed E-state index contributed by atoms with van der Waals surface area (Å²) in [5.41, 5.74) is 0.0276. The first kappa shape index (κ1) is 13.7. The minimum Gasteiger partial charge on any atom is -0.444 e. The lowest BCUT2D eigenvalue weighted by atomic mass is 10.2. The quantitative estimate of drug-likeness (QED) is 0.817. The molecule has 0 fully saturated rings. The molecule has 6 heteroatoms. The van der Waals surface area contributed by atoms with Crippen molar-refractivity contribution in [2.24, 2.45) is 0 Å². The van der Waals surface area contributed by atoms with E-state index in [4.69, 9.17) is 16.3 Å². The Morgan fingerprint density at radius 2 is 2.00 bits per heavy atom. The first-order chi connectivity index (χ1) is 7.79. The summed E-state index contributed by atoms with van der Waals surface area (Å²) in [6, 6.07) is 0. The van der Waals surface area contributed by atoms with Crippen molar-refractivity contribution in [2.75, 3.05) is 7.05 Å². The number of carbonyl (C=O) groups excluding carboxylic acids is 1. The van der Waals surface area contributed by atoms with Crippen LogP contribution in [0.15, 0.2) is 12.4 Å². The molecule has 0 aliphatic rings. The number of halogens is 1. The first-order valence-electron chi connectivity index (χ1n) is 5.19. The zero-order chi connectivity index (χ0) is 13.1. The van der Waals surface area contributed by atoms with E-state index in [-0.39, 0.29) is 6.54 Å². The third kappa shape index (κ3) is 4.56. The van der Waals surface area contributed by atoms with Gasteiger partial charge < -0.3 is 9.64 Å². The molecule has 0 N–H and O–H groups in total. The molecule has 5 nitrogen and oxygen atoms in total. The van der Waals surface area contributed by atoms with Gasteiger partial charge in [-0.15, -0.1) is 0 Å². The van der Waals surface area contributed by atoms with Crippen LogP contribution in [0.25, 0.3) is 0 Å². The third-order valence-corrected chi connectivity index (χ3v) is 2.13. The Bertz CT molecular complexity index is 404. The van der Waals surface area contributed by atoms with Crippen LogP contribution in [0.1, 0.15) is 26.5 Å². The Balaban J connectivity index is 2.64. The van der Waals surface area contributed by atoms with Crippen molar-refractivity contribution in [3.8, 4) is 0 Å². The third-order valence-electron chi connectivity index (χ3n) is 1.82. The van der Waals surface area contributed by atoms with Gasteiger partial charge in [-0.3, -0.25) is 4.98 Å². The number of aromatic nitrogens is 2. The molecular formula is C11H16ClN3O2. The Labute approximate surface area is 106 Å². The topological polar surface area (TPSA) is 55.3 Å². The van der Waals surface area contributed by atoms with Crippen LogP contribution in [-0.2, 0) is 11.3 Å². The molecule has 0 spiro atoms. The predicted octanol–water partition coefficient (Wildman–Crippen LogP) is 2.50. The van der Waals surface area contributed by atoms with E-state index >= 15 is 0 Å². The average molecular weight is 258 g/mol. The summed E-state index contributed by atoms with van der Waals surface area (Å²) in [5, 5.41) is 0.294. The minimum absolute atomic E-state index is 0.265. The van der Waals surface area contributed by atoms with Crippen molar-refractivity contribution in [1.82, 2.24) is 14.9 Å². The zero-order valence-corrected chi connectivity index (χ0v) is 11.2. The Hall–Kier alpha value is -1.36. The Morgan fingerprint density at radius 1 is 1.41 bits per heavy atom. The molecule has 0 radical (unpaired) electrons. The number of carbonyl (C=O) groups is 1. The van der Waals surface area contributed by atoms with E-state index in [0.717, 1.165) is 0 Å². The molecule has 1 aromatic heterocycles. The summed E-state index contributed by atoms with van der Waals surface area (Å²) in [6.45, 7) is 5.71. The van der Waals surface area contributed by atoms with E-state index < -0.39 is 11.7 Å². The van der Waals surface area contributed by atoms with Crippen molar-refractivity contribution in [3.63, 3.8) is 0 Å². The molecule has 0 aliphatic heterocycles. The number of hydrogen-bond acceptors (Lipinski definition) is 4. The highest BCUT2D eigenvalue weighted by Gasteiger charge is 2.20. The SMILES string of the molecule is CN(Cc1nccnc1Cl)C(=O)OC(C)(C)C. The molecule has 0 saturated carbocycles. The highest BCUT2D eigenvalue weighted by molar-refractivity contribution is 6.29. The molecule has 1 aromatic rings. The van der Waals surface area contributed by atoms with Crippen LogP contribution in [0.3, 0.4) is 0 Å². The van der Waals surface area contributed by atoms with Crippen LogP contribution in [0.5, 0.6) is 0 Å². The van der Waals surface area contributed by atoms with Gasteiger partial charge in [0.2, 0.25) is 0 Å². The number of hydrogen-bond donors (Lipinski definition) is 0. The summed E-state index contributed by atoms with van der Waals surface area (Å²) in [6.07, 6.45) is 2.61. The molecule has 1 amide bonds. The zero-order valence-electron chi connectivity index (χ0n) is 10.4. The van der Waals surface area contributed by atoms with Crippen LogP contribution < -0.4 is 0 Å². The number of amides is 1. The largest absolute Gasteiger partial charge is 0.444 e. The second kappa shape index (κ2) is 5.31. The standard InChI is InChI=1S/C11H16ClN3O2/c1-11(2,3)17-10(16)15(4)7-8-9(12)14-6-5-13-8/h5-6H,7H2,1-4H3. The van der Waals surface area contributed by atoms with E-state index in [0.29, 0.717) is 10.8 Å². The van der Waals surface area contributed by atoms with Gasteiger partial charge in [0.25, 0.3) is 0 Å². The van der Waals surface area contributed by atoms with Crippen molar-refractivity contribution in [2.45, 2.75) is 32.9 Å². The summed E-state index contributed by atoms with van der Waals surface area (Å²) in [7, 11) is 1.62. The smallest absolute Gasteiger partial charge is 0.410 e. The molecule has 0 saturated heterocycles. The summed E-state index contributed by atoms with van der Waals surface area (Å²) < 4.78 is 5.21. The van der Waals surface area contributed by atoms with Gasteiger partial charge >= 0.3 is 6.09 Å². The van der Waals surface area contributed by atoms with Crippen LogP contribution >= 0.6 is 11.6 Å². The van der Waals surface area contributed by atoms with E-state index in [1.807, 2.05) is 20.8 Å². The second-order valence-electron chi connectivity index (χ2n) is 4.63. The minimum atomic E-state index is -0.516. The summed E-state index contributed by atoms with van der Waals surface area (Å²) in [5.74, 6) is 0. The number of ether oxygens (including phenoxy) is 1. The number of nitrogens with zero attached hydrogens (tertiary/aromatic N) is 3. The van der Waals surface area contributed by atoms with Gasteiger partial charge in [0.05, 0.1) is 12.2 Å². The maximum atomic E-state index is 11.7. The lowest BCUT2D eigenvalue weighted by molar-refractivity contribution is 0.0283. The Kier molecular flexibility index (Phi) is 4.28. The highest BCUT2D eigenvalue weighted by Crippen LogP contribution is 2.13. The van der Waals surface area contributed by atoms with E-state index in [9.17, 15) is 4.79 Å². The molecule has 0 unspecified atom stereocenters. The first-order valence-corrected chi connectivity index (χ1v) is 5.57. The van der Waals surface area contributed by atoms with Crippen LogP contribution in [-0.4, -0.2) is 33.6 Å². The second-order valence-corrected chi connectivity index (χ2v) is 4.99. The van der Waals surface area contributed by atoms with Gasteiger partial charge in [-0.05, 0) is 20.8 Å². The molecule has 17 heavy (non-hydrogen) atoms. The Morgan fingerprint density at radius 3 is 2.53 bits per heavy atom. The van der Waals surface area contributed by atoms with Gasteiger partial charge in [-0.1, -0.05) is 11.6 Å². The van der Waals surface area contributed by atoms with Crippen LogP contribution in [0.2, 0.25) is 5.15 Å². The average Bonchev–Trinajstić information content (AvgIpc) is 2.18. The molecule has 0 bridgehead atoms. The molecule has 0 aliphatic carbocycles. The van der Waals surface area contributed by atoms with E-state index in [2.05, 4.69) is 9.97 Å². The van der Waals surface area contributed by atoms with Crippen molar-refractivity contribution >= 4 is 17.7 Å². The van der Waals surface area contributed by atoms with Crippen molar-refractivity contribution in [1.29, 1.82) is 0 Å². The fourth-order valence-corrected chi connectivity index (χ4v) is 1.25. The fraction of sp³-hybridized carbons (Fsp3) is 0.545. The lowest BCUT2D eigenvalue weighted by Gasteiger charge is -2.24. The fourth-order valence-electron chi connectivity index (χ4n) is 1.08. The maximum Gasteiger partial charge on any atom is 0.410 e. The van der Waals surface area contributed by atoms with Crippen LogP contribution in [0, 0.1) is 0 Å². The predicted molar refractivity (Wildman–Crippen MR) is 64.7 cm³/mol. The molecule has 1 heterocycles. The monoisotopic (exact) mass is 257 g/mol. The maximum absolute atomic E-state index is 11.7. The molecular weight excluding hydrogens is 242 g/mol. The van der Waals surface area contributed by atoms with Crippen molar-refractivity contribution in [3.05, 3.63) is 23.2 Å². The normalized spacial score (nSPS) is 11.1. The van der Waals surface area contributed by atoms with Gasteiger partial charge in [0.1, 0.15) is 5.60 Å². The molecule has 0 aromatic carbocycles. The summed E-state index contributed by atoms with van der Waals surface area (Å²) in [4.78, 5) is 21.0. The van der Waals surface area contributed by atoms with Crippen molar-refractivity contribution < 1.29 is 9.53 Å². The highest BCUT2D eigenvalue weighted by atomic mass is 35.5. The van der Waals surface area contributed by atoms with Gasteiger partial charge in [0, 0.05) is 19.4 Å². The van der Waals surface area contributed by atoms with Crippen LogP contribution in [0.4, 0.5) is 4.79 Å². The number of rotatable bonds is 2. The molecule has 1 rings (SSSR count). The molecule has 94 valence electrons. The lowest BCUT2D eigenvalue weighted by Crippen LogP contribution is -2.34. The van der Waals surface area contributed by atoms with Gasteiger partial charge in [-0.2, -0.15) is 0 Å². The van der Waals surface area contributed by atoms with E-state index in [1.54, 1.807) is 7.05 Å². The van der Waals surface area contributed by atoms with Gasteiger partial charge in [-0.25, -0.2) is 9.78 Å².